The molecule has 0 aliphatic carbocycles. The van der Waals surface area contributed by atoms with Gasteiger partial charge in [0.15, 0.2) is 11.5 Å². The van der Waals surface area contributed by atoms with Crippen LogP contribution in [0.5, 0.6) is 23.0 Å². The summed E-state index contributed by atoms with van der Waals surface area (Å²) >= 11 is 0. The van der Waals surface area contributed by atoms with E-state index in [0.717, 1.165) is 22.6 Å². The maximum atomic E-state index is 13.3. The van der Waals surface area contributed by atoms with Crippen LogP contribution in [0.3, 0.4) is 0 Å². The van der Waals surface area contributed by atoms with Gasteiger partial charge in [0.2, 0.25) is 5.75 Å². The number of ether oxygens (including phenoxy) is 4. The molecule has 0 saturated heterocycles. The second-order valence-corrected chi connectivity index (χ2v) is 8.51. The molecule has 1 atom stereocenters. The normalized spacial score (nSPS) is 14.0. The van der Waals surface area contributed by atoms with E-state index in [0.29, 0.717) is 34.3 Å². The first kappa shape index (κ1) is 24.8. The number of nitrogens with one attached hydrogen (secondary N) is 2. The van der Waals surface area contributed by atoms with Crippen LogP contribution in [0.25, 0.3) is 5.70 Å². The van der Waals surface area contributed by atoms with Gasteiger partial charge >= 0.3 is 0 Å². The Bertz CT molecular complexity index is 1470. The van der Waals surface area contributed by atoms with Crippen molar-refractivity contribution in [2.45, 2.75) is 6.04 Å². The lowest BCUT2D eigenvalue weighted by molar-refractivity contribution is 0.102. The molecule has 0 spiro atoms. The smallest absolute Gasteiger partial charge is 0.261 e. The number of rotatable bonds is 8. The van der Waals surface area contributed by atoms with E-state index < -0.39 is 0 Å². The van der Waals surface area contributed by atoms with E-state index in [2.05, 4.69) is 15.7 Å². The predicted molar refractivity (Wildman–Crippen MR) is 145 cm³/mol. The average molecular weight is 513 g/mol. The molecular weight excluding hydrogens is 484 g/mol. The molecule has 4 aromatic rings. The van der Waals surface area contributed by atoms with Crippen LogP contribution in [0.15, 0.2) is 79.0 Å². The summed E-state index contributed by atoms with van der Waals surface area (Å²) in [5, 5.41) is 11.0. The molecular formula is C29H28N4O5. The number of para-hydroxylation sites is 1. The van der Waals surface area contributed by atoms with Crippen molar-refractivity contribution < 1.29 is 23.7 Å². The number of amides is 1. The Hall–Kier alpha value is -4.92. The molecule has 5 rings (SSSR count). The van der Waals surface area contributed by atoms with Gasteiger partial charge in [0, 0.05) is 16.9 Å². The summed E-state index contributed by atoms with van der Waals surface area (Å²) in [6.45, 7) is 0. The molecule has 1 aliphatic heterocycles. The van der Waals surface area contributed by atoms with E-state index in [1.165, 1.54) is 0 Å². The number of carbonyl (C=O) groups is 1. The molecule has 2 N–H and O–H groups in total. The Balaban J connectivity index is 1.63. The summed E-state index contributed by atoms with van der Waals surface area (Å²) in [5.74, 6) is 2.53. The molecule has 0 bridgehead atoms. The minimum atomic E-state index is -0.389. The van der Waals surface area contributed by atoms with Crippen LogP contribution >= 0.6 is 0 Å². The average Bonchev–Trinajstić information content (AvgIpc) is 3.40. The largest absolute Gasteiger partial charge is 0.497 e. The third-order valence-corrected chi connectivity index (χ3v) is 6.32. The summed E-state index contributed by atoms with van der Waals surface area (Å²) in [6.07, 6.45) is 3.60. The molecule has 0 radical (unpaired) electrons. The highest BCUT2D eigenvalue weighted by atomic mass is 16.5. The number of allylic oxidation sites excluding steroid dienone is 1. The quantitative estimate of drug-likeness (QED) is 0.334. The second kappa shape index (κ2) is 10.6. The van der Waals surface area contributed by atoms with Gasteiger partial charge in [0.05, 0.1) is 40.7 Å². The SMILES string of the molecule is COc1cccc(C2=CC(c3cc(OC)c(OC)c(OC)c3)n3ncc(C(=O)Nc4ccccc4)c3N2)c1. The second-order valence-electron chi connectivity index (χ2n) is 8.51. The summed E-state index contributed by atoms with van der Waals surface area (Å²) in [7, 11) is 6.34. The summed E-state index contributed by atoms with van der Waals surface area (Å²) < 4.78 is 23.9. The lowest BCUT2D eigenvalue weighted by Gasteiger charge is -2.27. The number of carbonyl (C=O) groups excluding carboxylic acids is 1. The van der Waals surface area contributed by atoms with Crippen molar-refractivity contribution in [3.05, 3.63) is 95.7 Å². The minimum Gasteiger partial charge on any atom is -0.497 e. The third kappa shape index (κ3) is 4.61. The lowest BCUT2D eigenvalue weighted by atomic mass is 10.00. The van der Waals surface area contributed by atoms with Crippen LogP contribution in [0.4, 0.5) is 11.5 Å². The first-order valence-electron chi connectivity index (χ1n) is 11.9. The number of hydrogen-bond acceptors (Lipinski definition) is 7. The first-order chi connectivity index (χ1) is 18.6. The van der Waals surface area contributed by atoms with E-state index in [1.807, 2.05) is 72.8 Å². The Morgan fingerprint density at radius 2 is 1.63 bits per heavy atom. The number of hydrogen-bond donors (Lipinski definition) is 2. The minimum absolute atomic E-state index is 0.277. The Kier molecular flexibility index (Phi) is 6.90. The van der Waals surface area contributed by atoms with Gasteiger partial charge in [-0.3, -0.25) is 4.79 Å². The van der Waals surface area contributed by atoms with Crippen LogP contribution < -0.4 is 29.6 Å². The summed E-state index contributed by atoms with van der Waals surface area (Å²) in [4.78, 5) is 13.3. The molecule has 1 aliphatic rings. The van der Waals surface area contributed by atoms with E-state index in [-0.39, 0.29) is 11.9 Å². The van der Waals surface area contributed by atoms with Gasteiger partial charge in [-0.15, -0.1) is 0 Å². The Morgan fingerprint density at radius 1 is 0.895 bits per heavy atom. The van der Waals surface area contributed by atoms with Crippen molar-refractivity contribution in [1.29, 1.82) is 0 Å². The number of benzene rings is 3. The molecule has 38 heavy (non-hydrogen) atoms. The van der Waals surface area contributed by atoms with Crippen molar-refractivity contribution in [3.63, 3.8) is 0 Å². The fraction of sp³-hybridized carbons (Fsp3) is 0.172. The lowest BCUT2D eigenvalue weighted by Crippen LogP contribution is -2.22. The van der Waals surface area contributed by atoms with Crippen LogP contribution in [-0.4, -0.2) is 44.1 Å². The zero-order valence-corrected chi connectivity index (χ0v) is 21.5. The molecule has 194 valence electrons. The van der Waals surface area contributed by atoms with Gasteiger partial charge in [0.25, 0.3) is 5.91 Å². The van der Waals surface area contributed by atoms with Crippen molar-refractivity contribution >= 4 is 23.1 Å². The van der Waals surface area contributed by atoms with E-state index in [4.69, 9.17) is 18.9 Å². The van der Waals surface area contributed by atoms with Crippen LogP contribution in [0.2, 0.25) is 0 Å². The predicted octanol–water partition coefficient (Wildman–Crippen LogP) is 5.23. The van der Waals surface area contributed by atoms with Gasteiger partial charge in [-0.2, -0.15) is 5.10 Å². The zero-order chi connectivity index (χ0) is 26.6. The molecule has 1 unspecified atom stereocenters. The monoisotopic (exact) mass is 512 g/mol. The van der Waals surface area contributed by atoms with Gasteiger partial charge in [-0.25, -0.2) is 4.68 Å². The number of aromatic nitrogens is 2. The third-order valence-electron chi connectivity index (χ3n) is 6.32. The highest BCUT2D eigenvalue weighted by molar-refractivity contribution is 6.08. The molecule has 0 fully saturated rings. The number of fused-ring (bicyclic) bond motifs is 1. The van der Waals surface area contributed by atoms with Crippen molar-refractivity contribution in [2.75, 3.05) is 39.1 Å². The first-order valence-corrected chi connectivity index (χ1v) is 11.9. The van der Waals surface area contributed by atoms with E-state index >= 15 is 0 Å². The molecule has 3 aromatic carbocycles. The van der Waals surface area contributed by atoms with E-state index in [9.17, 15) is 4.79 Å². The van der Waals surface area contributed by atoms with Crippen LogP contribution in [0.1, 0.15) is 27.5 Å². The fourth-order valence-corrected chi connectivity index (χ4v) is 4.45. The molecule has 9 nitrogen and oxygen atoms in total. The van der Waals surface area contributed by atoms with Gasteiger partial charge < -0.3 is 29.6 Å². The van der Waals surface area contributed by atoms with Gasteiger partial charge in [-0.1, -0.05) is 30.3 Å². The van der Waals surface area contributed by atoms with Crippen molar-refractivity contribution in [1.82, 2.24) is 9.78 Å². The molecule has 1 aromatic heterocycles. The maximum Gasteiger partial charge on any atom is 0.261 e. The van der Waals surface area contributed by atoms with Crippen molar-refractivity contribution in [3.8, 4) is 23.0 Å². The standard InChI is InChI=1S/C29H28N4O5/c1-35-21-12-8-9-18(13-21)23-16-24(19-14-25(36-2)27(38-4)26(15-19)37-3)33-28(32-23)22(17-30-33)29(34)31-20-10-6-5-7-11-20/h5-17,24,32H,1-4H3,(H,31,34). The Morgan fingerprint density at radius 3 is 2.29 bits per heavy atom. The molecule has 9 heteroatoms. The molecule has 1 amide bonds. The topological polar surface area (TPSA) is 95.9 Å². The summed E-state index contributed by atoms with van der Waals surface area (Å²) in [6, 6.07) is 20.4. The summed E-state index contributed by atoms with van der Waals surface area (Å²) in [5.41, 5.74) is 3.62. The van der Waals surface area contributed by atoms with Gasteiger partial charge in [0.1, 0.15) is 17.1 Å². The molecule has 0 saturated carbocycles. The van der Waals surface area contributed by atoms with Crippen LogP contribution in [-0.2, 0) is 0 Å². The Labute approximate surface area is 220 Å². The highest BCUT2D eigenvalue weighted by Crippen LogP contribution is 2.43. The van der Waals surface area contributed by atoms with Crippen molar-refractivity contribution in [2.24, 2.45) is 0 Å². The number of methoxy groups -OCH3 is 4. The molecule has 2 heterocycles. The van der Waals surface area contributed by atoms with Gasteiger partial charge in [-0.05, 0) is 48.0 Å². The highest BCUT2D eigenvalue weighted by Gasteiger charge is 2.29. The number of nitrogens with zero attached hydrogens (tertiary/aromatic N) is 2. The maximum absolute atomic E-state index is 13.3. The van der Waals surface area contributed by atoms with Crippen LogP contribution in [0, 0.1) is 0 Å². The fourth-order valence-electron chi connectivity index (χ4n) is 4.45. The number of anilines is 2. The zero-order valence-electron chi connectivity index (χ0n) is 21.5. The van der Waals surface area contributed by atoms with E-state index in [1.54, 1.807) is 39.3 Å².